The molecule has 10 heteroatoms. The Balaban J connectivity index is 2.20. The van der Waals surface area contributed by atoms with Crippen molar-refractivity contribution in [1.82, 2.24) is 0 Å². The Labute approximate surface area is 120 Å². The molecular formula is C11H13N3O6S. The first-order valence-electron chi connectivity index (χ1n) is 6.18. The molecule has 1 fully saturated rings. The Bertz CT molecular complexity index is 673. The molecule has 9 nitrogen and oxygen atoms in total. The van der Waals surface area contributed by atoms with Crippen molar-refractivity contribution in [1.29, 1.82) is 0 Å². The van der Waals surface area contributed by atoms with Crippen LogP contribution in [0.1, 0.15) is 12.8 Å². The Kier molecular flexibility index (Phi) is 4.07. The van der Waals surface area contributed by atoms with Crippen molar-refractivity contribution in [2.45, 2.75) is 18.9 Å². The molecular weight excluding hydrogens is 302 g/mol. The van der Waals surface area contributed by atoms with Gasteiger partial charge in [-0.15, -0.1) is 0 Å². The second-order valence-corrected chi connectivity index (χ2v) is 7.09. The van der Waals surface area contributed by atoms with Crippen LogP contribution in [0.5, 0.6) is 0 Å². The van der Waals surface area contributed by atoms with E-state index in [9.17, 15) is 28.6 Å². The number of rotatable bonds is 4. The molecule has 1 aromatic carbocycles. The second kappa shape index (κ2) is 5.64. The molecule has 0 bridgehead atoms. The average molecular weight is 315 g/mol. The summed E-state index contributed by atoms with van der Waals surface area (Å²) >= 11 is 0. The minimum Gasteiger partial charge on any atom is -0.377 e. The zero-order chi connectivity index (χ0) is 15.6. The largest absolute Gasteiger partial charge is 0.377 e. The third-order valence-electron chi connectivity index (χ3n) is 3.30. The van der Waals surface area contributed by atoms with Crippen LogP contribution in [-0.4, -0.2) is 35.8 Å². The first-order chi connectivity index (χ1) is 9.78. The number of non-ortho nitro benzene ring substituents is 1. The number of hydrogen-bond acceptors (Lipinski definition) is 7. The fourth-order valence-corrected chi connectivity index (χ4v) is 3.65. The molecule has 0 amide bonds. The van der Waals surface area contributed by atoms with Crippen LogP contribution < -0.4 is 5.32 Å². The first-order valence-corrected chi connectivity index (χ1v) is 8.00. The maximum atomic E-state index is 11.3. The van der Waals surface area contributed by atoms with Gasteiger partial charge in [0.15, 0.2) is 0 Å². The molecule has 0 atom stereocenters. The van der Waals surface area contributed by atoms with Crippen LogP contribution in [0.15, 0.2) is 18.2 Å². The lowest BCUT2D eigenvalue weighted by atomic mass is 10.1. The summed E-state index contributed by atoms with van der Waals surface area (Å²) < 4.78 is 22.7. The Morgan fingerprint density at radius 1 is 1.10 bits per heavy atom. The van der Waals surface area contributed by atoms with Gasteiger partial charge in [0.1, 0.15) is 15.5 Å². The lowest BCUT2D eigenvalue weighted by Crippen LogP contribution is -2.32. The molecule has 2 rings (SSSR count). The van der Waals surface area contributed by atoms with Crippen molar-refractivity contribution < 1.29 is 18.3 Å². The summed E-state index contributed by atoms with van der Waals surface area (Å²) in [5.41, 5.74) is -0.592. The number of sulfone groups is 1. The van der Waals surface area contributed by atoms with Gasteiger partial charge in [0.25, 0.3) is 11.4 Å². The van der Waals surface area contributed by atoms with E-state index in [4.69, 9.17) is 0 Å². The third-order valence-corrected chi connectivity index (χ3v) is 5.02. The van der Waals surface area contributed by atoms with E-state index in [0.29, 0.717) is 12.8 Å². The minimum absolute atomic E-state index is 0.0332. The Hall–Kier alpha value is -2.23. The van der Waals surface area contributed by atoms with E-state index in [1.165, 1.54) is 12.1 Å². The average Bonchev–Trinajstić information content (AvgIpc) is 2.41. The number of nitrogens with zero attached hydrogens (tertiary/aromatic N) is 2. The number of benzene rings is 1. The maximum absolute atomic E-state index is 11.3. The van der Waals surface area contributed by atoms with Crippen molar-refractivity contribution in [2.24, 2.45) is 0 Å². The zero-order valence-corrected chi connectivity index (χ0v) is 11.7. The number of hydrogen-bond donors (Lipinski definition) is 1. The maximum Gasteiger partial charge on any atom is 0.299 e. The van der Waals surface area contributed by atoms with Gasteiger partial charge in [-0.05, 0) is 18.9 Å². The van der Waals surface area contributed by atoms with Gasteiger partial charge in [0.2, 0.25) is 0 Å². The van der Waals surface area contributed by atoms with Crippen LogP contribution in [0.4, 0.5) is 17.1 Å². The van der Waals surface area contributed by atoms with Gasteiger partial charge in [0, 0.05) is 12.1 Å². The normalized spacial score (nSPS) is 18.1. The summed E-state index contributed by atoms with van der Waals surface area (Å²) in [5.74, 6) is 0.0664. The molecule has 0 unspecified atom stereocenters. The topological polar surface area (TPSA) is 132 Å². The first kappa shape index (κ1) is 15.2. The Morgan fingerprint density at radius 2 is 1.71 bits per heavy atom. The fraction of sp³-hybridized carbons (Fsp3) is 0.455. The van der Waals surface area contributed by atoms with Crippen LogP contribution in [0.25, 0.3) is 0 Å². The summed E-state index contributed by atoms with van der Waals surface area (Å²) in [6.45, 7) is 0. The van der Waals surface area contributed by atoms with Crippen LogP contribution in [-0.2, 0) is 9.84 Å². The molecule has 114 valence electrons. The zero-order valence-electron chi connectivity index (χ0n) is 10.9. The molecule has 21 heavy (non-hydrogen) atoms. The van der Waals surface area contributed by atoms with Gasteiger partial charge in [-0.25, -0.2) is 8.42 Å². The summed E-state index contributed by atoms with van der Waals surface area (Å²) in [5, 5.41) is 24.5. The van der Waals surface area contributed by atoms with Gasteiger partial charge in [-0.1, -0.05) is 0 Å². The van der Waals surface area contributed by atoms with E-state index in [-0.39, 0.29) is 28.9 Å². The highest BCUT2D eigenvalue weighted by Crippen LogP contribution is 2.30. The standard InChI is InChI=1S/C11H13N3O6S/c15-13(16)9-1-2-10(11(7-9)14(17)18)12-8-3-5-21(19,20)6-4-8/h1-2,7-8,12H,3-6H2. The minimum atomic E-state index is -3.02. The highest BCUT2D eigenvalue weighted by atomic mass is 32.2. The molecule has 0 radical (unpaired) electrons. The summed E-state index contributed by atoms with van der Waals surface area (Å²) in [4.78, 5) is 20.2. The van der Waals surface area contributed by atoms with Crippen molar-refractivity contribution in [2.75, 3.05) is 16.8 Å². The second-order valence-electron chi connectivity index (χ2n) is 4.79. The molecule has 1 aliphatic heterocycles. The van der Waals surface area contributed by atoms with Crippen LogP contribution in [0, 0.1) is 20.2 Å². The smallest absolute Gasteiger partial charge is 0.299 e. The lowest BCUT2D eigenvalue weighted by Gasteiger charge is -2.23. The summed E-state index contributed by atoms with van der Waals surface area (Å²) in [7, 11) is -3.02. The van der Waals surface area contributed by atoms with Crippen LogP contribution in [0.3, 0.4) is 0 Å². The Morgan fingerprint density at radius 3 is 2.24 bits per heavy atom. The number of anilines is 1. The number of nitro groups is 2. The van der Waals surface area contributed by atoms with Crippen LogP contribution >= 0.6 is 0 Å². The van der Waals surface area contributed by atoms with Gasteiger partial charge in [0.05, 0.1) is 27.4 Å². The van der Waals surface area contributed by atoms with Crippen molar-refractivity contribution in [3.05, 3.63) is 38.4 Å². The van der Waals surface area contributed by atoms with Crippen molar-refractivity contribution in [3.8, 4) is 0 Å². The van der Waals surface area contributed by atoms with E-state index < -0.39 is 25.4 Å². The van der Waals surface area contributed by atoms with Gasteiger partial charge in [-0.3, -0.25) is 20.2 Å². The van der Waals surface area contributed by atoms with Crippen molar-refractivity contribution in [3.63, 3.8) is 0 Å². The molecule has 1 saturated heterocycles. The molecule has 0 spiro atoms. The third kappa shape index (κ3) is 3.66. The van der Waals surface area contributed by atoms with E-state index in [1.807, 2.05) is 0 Å². The lowest BCUT2D eigenvalue weighted by molar-refractivity contribution is -0.393. The molecule has 1 N–H and O–H groups in total. The highest BCUT2D eigenvalue weighted by Gasteiger charge is 2.26. The molecule has 1 aromatic rings. The molecule has 0 aliphatic carbocycles. The van der Waals surface area contributed by atoms with Crippen LogP contribution in [0.2, 0.25) is 0 Å². The molecule has 0 saturated carbocycles. The van der Waals surface area contributed by atoms with E-state index in [2.05, 4.69) is 5.32 Å². The predicted octanol–water partition coefficient (Wildman–Crippen LogP) is 1.49. The SMILES string of the molecule is O=[N+]([O-])c1ccc(NC2CCS(=O)(=O)CC2)c([N+](=O)[O-])c1. The van der Waals surface area contributed by atoms with Crippen molar-refractivity contribution >= 4 is 26.9 Å². The monoisotopic (exact) mass is 315 g/mol. The van der Waals surface area contributed by atoms with Gasteiger partial charge in [-0.2, -0.15) is 0 Å². The summed E-state index contributed by atoms with van der Waals surface area (Å²) in [6, 6.07) is 3.14. The molecule has 1 heterocycles. The highest BCUT2D eigenvalue weighted by molar-refractivity contribution is 7.91. The summed E-state index contributed by atoms with van der Waals surface area (Å²) in [6.07, 6.45) is 0.715. The van der Waals surface area contributed by atoms with E-state index in [0.717, 1.165) is 6.07 Å². The number of nitro benzene ring substituents is 2. The van der Waals surface area contributed by atoms with E-state index >= 15 is 0 Å². The predicted molar refractivity (Wildman–Crippen MR) is 75.0 cm³/mol. The van der Waals surface area contributed by atoms with E-state index in [1.54, 1.807) is 0 Å². The number of nitrogens with one attached hydrogen (secondary N) is 1. The molecule has 0 aromatic heterocycles. The van der Waals surface area contributed by atoms with Gasteiger partial charge < -0.3 is 5.32 Å². The quantitative estimate of drug-likeness (QED) is 0.657. The fourth-order valence-electron chi connectivity index (χ4n) is 2.16. The molecule has 1 aliphatic rings. The van der Waals surface area contributed by atoms with Gasteiger partial charge >= 0.3 is 0 Å².